The topological polar surface area (TPSA) is 3.24 Å². The van der Waals surface area contributed by atoms with Crippen LogP contribution in [0.25, 0.3) is 83.6 Å². The minimum Gasteiger partial charge on any atom is -0.309 e. The summed E-state index contributed by atoms with van der Waals surface area (Å²) in [4.78, 5) is 2.46. The molecule has 0 bridgehead atoms. The zero-order chi connectivity index (χ0) is 39.1. The van der Waals surface area contributed by atoms with Crippen LogP contribution in [-0.2, 0) is 6.42 Å². The Morgan fingerprint density at radius 1 is 0.424 bits per heavy atom. The van der Waals surface area contributed by atoms with Gasteiger partial charge in [-0.3, -0.25) is 0 Å². The van der Waals surface area contributed by atoms with Gasteiger partial charge in [-0.15, -0.1) is 0 Å². The summed E-state index contributed by atoms with van der Waals surface area (Å²) in [5.74, 6) is 0. The van der Waals surface area contributed by atoms with Crippen molar-refractivity contribution in [2.75, 3.05) is 4.90 Å². The molecule has 10 aromatic rings. The van der Waals surface area contributed by atoms with Crippen LogP contribution in [0.4, 0.5) is 17.1 Å². The van der Waals surface area contributed by atoms with Crippen molar-refractivity contribution in [3.8, 4) is 22.3 Å². The SMILES string of the molecule is C1=Cc2ccc3ccc4cccc(C=Cc5ccc(N(c6ccc7c(ccc8ccccc87)c6)c6ccccc6-c6ccccc6)c(-c6ccccc6)c5)c4c3c2CC1. The van der Waals surface area contributed by atoms with E-state index in [1.807, 2.05) is 0 Å². The highest BCUT2D eigenvalue weighted by Crippen LogP contribution is 2.46. The van der Waals surface area contributed by atoms with Crippen LogP contribution in [0, 0.1) is 0 Å². The summed E-state index contributed by atoms with van der Waals surface area (Å²) in [6.45, 7) is 0. The predicted molar refractivity (Wildman–Crippen MR) is 255 cm³/mol. The monoisotopic (exact) mass is 751 g/mol. The minimum atomic E-state index is 1.07. The number of para-hydroxylation sites is 1. The van der Waals surface area contributed by atoms with Crippen molar-refractivity contribution in [3.05, 3.63) is 229 Å². The van der Waals surface area contributed by atoms with Crippen LogP contribution in [-0.4, -0.2) is 0 Å². The summed E-state index contributed by atoms with van der Waals surface area (Å²) in [6.07, 6.45) is 11.4. The molecule has 1 nitrogen and oxygen atoms in total. The molecular formula is C58H41N. The maximum atomic E-state index is 2.46. The summed E-state index contributed by atoms with van der Waals surface area (Å²) in [6, 6.07) is 73.3. The summed E-state index contributed by atoms with van der Waals surface area (Å²) >= 11 is 0. The molecule has 0 aromatic heterocycles. The maximum absolute atomic E-state index is 2.46. The molecule has 0 aliphatic heterocycles. The van der Waals surface area contributed by atoms with Crippen molar-refractivity contribution < 1.29 is 0 Å². The van der Waals surface area contributed by atoms with Crippen molar-refractivity contribution in [2.24, 2.45) is 0 Å². The quantitative estimate of drug-likeness (QED) is 0.116. The van der Waals surface area contributed by atoms with Gasteiger partial charge in [0.05, 0.1) is 11.4 Å². The molecule has 0 radical (unpaired) electrons. The third-order valence-electron chi connectivity index (χ3n) is 12.1. The van der Waals surface area contributed by atoms with Gasteiger partial charge in [0.25, 0.3) is 0 Å². The second-order valence-electron chi connectivity index (χ2n) is 15.6. The molecule has 0 fully saturated rings. The lowest BCUT2D eigenvalue weighted by Gasteiger charge is -2.30. The normalized spacial score (nSPS) is 12.5. The average molecular weight is 752 g/mol. The molecule has 1 heteroatoms. The van der Waals surface area contributed by atoms with E-state index in [9.17, 15) is 0 Å². The van der Waals surface area contributed by atoms with Crippen LogP contribution in [0.15, 0.2) is 206 Å². The largest absolute Gasteiger partial charge is 0.309 e. The van der Waals surface area contributed by atoms with Gasteiger partial charge in [0, 0.05) is 16.8 Å². The van der Waals surface area contributed by atoms with Crippen molar-refractivity contribution in [1.29, 1.82) is 0 Å². The first-order chi connectivity index (χ1) is 29.3. The Morgan fingerprint density at radius 3 is 1.95 bits per heavy atom. The minimum absolute atomic E-state index is 1.07. The van der Waals surface area contributed by atoms with Gasteiger partial charge in [-0.25, -0.2) is 0 Å². The first-order valence-corrected chi connectivity index (χ1v) is 20.6. The van der Waals surface area contributed by atoms with Crippen LogP contribution in [0.3, 0.4) is 0 Å². The molecule has 0 heterocycles. The van der Waals surface area contributed by atoms with Crippen LogP contribution in [0.2, 0.25) is 0 Å². The molecular weight excluding hydrogens is 711 g/mol. The zero-order valence-electron chi connectivity index (χ0n) is 32.7. The average Bonchev–Trinajstić information content (AvgIpc) is 3.31. The fraction of sp³-hybridized carbons (Fsp3) is 0.0345. The maximum Gasteiger partial charge on any atom is 0.0540 e. The number of nitrogens with zero attached hydrogens (tertiary/aromatic N) is 1. The molecule has 1 aliphatic rings. The van der Waals surface area contributed by atoms with E-state index in [1.54, 1.807) is 0 Å². The highest BCUT2D eigenvalue weighted by atomic mass is 15.1. The Morgan fingerprint density at radius 2 is 1.08 bits per heavy atom. The summed E-state index contributed by atoms with van der Waals surface area (Å²) in [7, 11) is 0. The molecule has 59 heavy (non-hydrogen) atoms. The molecule has 1 aliphatic carbocycles. The van der Waals surface area contributed by atoms with Gasteiger partial charge < -0.3 is 4.90 Å². The number of hydrogen-bond acceptors (Lipinski definition) is 1. The molecule has 0 atom stereocenters. The number of hydrogen-bond donors (Lipinski definition) is 0. The fourth-order valence-electron chi connectivity index (χ4n) is 9.28. The van der Waals surface area contributed by atoms with E-state index in [4.69, 9.17) is 0 Å². The fourth-order valence-corrected chi connectivity index (χ4v) is 9.28. The molecule has 0 saturated heterocycles. The molecule has 0 unspecified atom stereocenters. The molecule has 0 N–H and O–H groups in total. The van der Waals surface area contributed by atoms with E-state index in [0.717, 1.165) is 35.5 Å². The van der Waals surface area contributed by atoms with Gasteiger partial charge in [0.15, 0.2) is 0 Å². The Hall–Kier alpha value is -7.48. The van der Waals surface area contributed by atoms with Crippen molar-refractivity contribution in [1.82, 2.24) is 0 Å². The van der Waals surface area contributed by atoms with E-state index in [-0.39, 0.29) is 0 Å². The summed E-state index contributed by atoms with van der Waals surface area (Å²) < 4.78 is 0. The van der Waals surface area contributed by atoms with Gasteiger partial charge in [0.1, 0.15) is 0 Å². The second kappa shape index (κ2) is 14.8. The summed E-state index contributed by atoms with van der Waals surface area (Å²) in [5, 5.41) is 10.3. The van der Waals surface area contributed by atoms with E-state index in [1.165, 1.54) is 82.0 Å². The molecule has 0 spiro atoms. The lowest BCUT2D eigenvalue weighted by atomic mass is 9.87. The highest BCUT2D eigenvalue weighted by molar-refractivity contribution is 6.14. The molecule has 0 saturated carbocycles. The van der Waals surface area contributed by atoms with E-state index >= 15 is 0 Å². The number of rotatable bonds is 7. The lowest BCUT2D eigenvalue weighted by Crippen LogP contribution is -2.12. The predicted octanol–water partition coefficient (Wildman–Crippen LogP) is 16.2. The van der Waals surface area contributed by atoms with Crippen molar-refractivity contribution in [2.45, 2.75) is 12.8 Å². The summed E-state index contributed by atoms with van der Waals surface area (Å²) in [5.41, 5.74) is 13.2. The first-order valence-electron chi connectivity index (χ1n) is 20.6. The number of aryl methyl sites for hydroxylation is 1. The van der Waals surface area contributed by atoms with Crippen LogP contribution in [0.5, 0.6) is 0 Å². The van der Waals surface area contributed by atoms with Crippen LogP contribution >= 0.6 is 0 Å². The Balaban J connectivity index is 1.10. The van der Waals surface area contributed by atoms with E-state index in [2.05, 4.69) is 229 Å². The van der Waals surface area contributed by atoms with Gasteiger partial charge in [-0.1, -0.05) is 194 Å². The Bertz CT molecular complexity index is 3260. The molecule has 10 aromatic carbocycles. The number of allylic oxidation sites excluding steroid dienone is 1. The van der Waals surface area contributed by atoms with Crippen molar-refractivity contribution in [3.63, 3.8) is 0 Å². The Labute approximate surface area is 345 Å². The van der Waals surface area contributed by atoms with Gasteiger partial charge in [-0.2, -0.15) is 0 Å². The van der Waals surface area contributed by atoms with Gasteiger partial charge in [0.2, 0.25) is 0 Å². The molecule has 278 valence electrons. The molecule has 11 rings (SSSR count). The van der Waals surface area contributed by atoms with Crippen LogP contribution in [0.1, 0.15) is 28.7 Å². The first kappa shape index (κ1) is 34.7. The Kier molecular flexibility index (Phi) is 8.71. The smallest absolute Gasteiger partial charge is 0.0540 e. The third kappa shape index (κ3) is 6.29. The number of anilines is 3. The molecule has 0 amide bonds. The second-order valence-corrected chi connectivity index (χ2v) is 15.6. The van der Waals surface area contributed by atoms with Gasteiger partial charge in [-0.05, 0) is 120 Å². The number of benzene rings is 10. The van der Waals surface area contributed by atoms with Gasteiger partial charge >= 0.3 is 0 Å². The standard InChI is InChI=1S/C58H41N/c1-3-14-41(15-4-1)52-23-11-12-25-55(52)59(49-35-36-51-48(39-49)34-30-43-18-7-9-22-50(43)51)56-37-27-40(38-54(56)42-16-5-2-6-17-42)26-28-45-20-13-21-46-32-33-47-31-29-44-19-8-10-24-53(44)58(47)57(45)46/h1-9,11-23,25-39H,10,24H2. The zero-order valence-corrected chi connectivity index (χ0v) is 32.7. The van der Waals surface area contributed by atoms with E-state index in [0.29, 0.717) is 0 Å². The van der Waals surface area contributed by atoms with E-state index < -0.39 is 0 Å². The highest BCUT2D eigenvalue weighted by Gasteiger charge is 2.21. The third-order valence-corrected chi connectivity index (χ3v) is 12.1. The lowest BCUT2D eigenvalue weighted by molar-refractivity contribution is 0.998. The number of fused-ring (bicyclic) bond motifs is 8. The van der Waals surface area contributed by atoms with Crippen LogP contribution < -0.4 is 4.90 Å². The van der Waals surface area contributed by atoms with Crippen molar-refractivity contribution >= 4 is 78.4 Å².